The van der Waals surface area contributed by atoms with Crippen LogP contribution in [0.25, 0.3) is 0 Å². The zero-order valence-corrected chi connectivity index (χ0v) is 12.4. The highest BCUT2D eigenvalue weighted by Gasteiger charge is 2.42. The van der Waals surface area contributed by atoms with E-state index >= 15 is 0 Å². The Hall–Kier alpha value is -0.420. The molecular formula is C15H23NO2S. The Morgan fingerprint density at radius 3 is 3.21 bits per heavy atom. The minimum absolute atomic E-state index is 0.389. The number of ether oxygens (including phenoxy) is 2. The number of thiophene rings is 1. The van der Waals surface area contributed by atoms with E-state index in [0.717, 1.165) is 32.9 Å². The molecule has 3 rings (SSSR count). The zero-order valence-electron chi connectivity index (χ0n) is 11.6. The van der Waals surface area contributed by atoms with Crippen LogP contribution in [-0.2, 0) is 16.0 Å². The van der Waals surface area contributed by atoms with Gasteiger partial charge in [-0.2, -0.15) is 0 Å². The lowest BCUT2D eigenvalue weighted by atomic mass is 10.0. The maximum atomic E-state index is 6.04. The highest BCUT2D eigenvalue weighted by Crippen LogP contribution is 2.35. The summed E-state index contributed by atoms with van der Waals surface area (Å²) in [6.45, 7) is 6.77. The van der Waals surface area contributed by atoms with Crippen LogP contribution in [-0.4, -0.2) is 43.4 Å². The van der Waals surface area contributed by atoms with Gasteiger partial charge in [0.25, 0.3) is 0 Å². The van der Waals surface area contributed by atoms with Crippen LogP contribution in [0.2, 0.25) is 0 Å². The number of fused-ring (bicyclic) bond motifs is 1. The molecule has 0 bridgehead atoms. The average Bonchev–Trinajstić information content (AvgIpc) is 3.06. The zero-order chi connectivity index (χ0) is 13.1. The fourth-order valence-corrected chi connectivity index (χ4v) is 4.11. The fraction of sp³-hybridized carbons (Fsp3) is 0.733. The van der Waals surface area contributed by atoms with Crippen molar-refractivity contribution in [2.75, 3.05) is 26.4 Å². The Kier molecular flexibility index (Phi) is 4.53. The van der Waals surface area contributed by atoms with E-state index in [1.165, 1.54) is 17.7 Å². The van der Waals surface area contributed by atoms with Crippen molar-refractivity contribution in [2.45, 2.75) is 38.5 Å². The summed E-state index contributed by atoms with van der Waals surface area (Å²) in [4.78, 5) is 4.08. The van der Waals surface area contributed by atoms with Crippen molar-refractivity contribution in [1.29, 1.82) is 0 Å². The molecule has 2 fully saturated rings. The van der Waals surface area contributed by atoms with E-state index in [-0.39, 0.29) is 0 Å². The van der Waals surface area contributed by atoms with Crippen LogP contribution in [0, 0.1) is 5.92 Å². The first kappa shape index (κ1) is 13.6. The van der Waals surface area contributed by atoms with Gasteiger partial charge in [0.15, 0.2) is 0 Å². The topological polar surface area (TPSA) is 21.7 Å². The van der Waals surface area contributed by atoms with E-state index in [4.69, 9.17) is 9.47 Å². The number of hydrogen-bond donors (Lipinski definition) is 0. The van der Waals surface area contributed by atoms with Crippen LogP contribution in [0.4, 0.5) is 0 Å². The van der Waals surface area contributed by atoms with Gasteiger partial charge < -0.3 is 9.47 Å². The molecule has 0 radical (unpaired) electrons. The summed E-state index contributed by atoms with van der Waals surface area (Å²) >= 11 is 1.86. The minimum atomic E-state index is 0.389. The van der Waals surface area contributed by atoms with Crippen LogP contribution in [0.5, 0.6) is 0 Å². The molecule has 4 heteroatoms. The van der Waals surface area contributed by atoms with Crippen molar-refractivity contribution in [3.8, 4) is 0 Å². The molecule has 3 atom stereocenters. The van der Waals surface area contributed by atoms with Crippen LogP contribution in [0.3, 0.4) is 0 Å². The van der Waals surface area contributed by atoms with E-state index in [0.29, 0.717) is 18.1 Å². The minimum Gasteiger partial charge on any atom is -0.381 e. The van der Waals surface area contributed by atoms with E-state index in [2.05, 4.69) is 29.3 Å². The summed E-state index contributed by atoms with van der Waals surface area (Å²) in [6, 6.07) is 4.98. The quantitative estimate of drug-likeness (QED) is 0.828. The van der Waals surface area contributed by atoms with Crippen molar-refractivity contribution in [1.82, 2.24) is 4.90 Å². The van der Waals surface area contributed by atoms with Crippen LogP contribution >= 0.6 is 11.3 Å². The predicted molar refractivity (Wildman–Crippen MR) is 77.5 cm³/mol. The third-order valence-corrected chi connectivity index (χ3v) is 5.17. The molecular weight excluding hydrogens is 258 g/mol. The molecule has 1 aromatic rings. The van der Waals surface area contributed by atoms with Gasteiger partial charge in [0, 0.05) is 36.5 Å². The normalized spacial score (nSPS) is 31.5. The molecule has 2 aliphatic rings. The summed E-state index contributed by atoms with van der Waals surface area (Å²) in [5.41, 5.74) is 0. The Balaban J connectivity index is 1.62. The van der Waals surface area contributed by atoms with Gasteiger partial charge in [0.1, 0.15) is 0 Å². The smallest absolute Gasteiger partial charge is 0.0781 e. The molecule has 1 aliphatic carbocycles. The predicted octanol–water partition coefficient (Wildman–Crippen LogP) is 2.76. The van der Waals surface area contributed by atoms with Gasteiger partial charge in [-0.3, -0.25) is 4.90 Å². The second-order valence-corrected chi connectivity index (χ2v) is 6.48. The van der Waals surface area contributed by atoms with Crippen LogP contribution in [0.1, 0.15) is 24.6 Å². The van der Waals surface area contributed by atoms with Gasteiger partial charge in [-0.15, -0.1) is 11.3 Å². The first-order valence-electron chi connectivity index (χ1n) is 7.34. The van der Waals surface area contributed by atoms with Crippen molar-refractivity contribution in [3.63, 3.8) is 0 Å². The largest absolute Gasteiger partial charge is 0.381 e. The van der Waals surface area contributed by atoms with E-state index in [1.54, 1.807) is 0 Å². The van der Waals surface area contributed by atoms with Gasteiger partial charge in [-0.1, -0.05) is 6.07 Å². The molecule has 1 aliphatic heterocycles. The van der Waals surface area contributed by atoms with E-state index in [9.17, 15) is 0 Å². The molecule has 19 heavy (non-hydrogen) atoms. The molecule has 0 unspecified atom stereocenters. The molecule has 0 N–H and O–H groups in total. The van der Waals surface area contributed by atoms with Gasteiger partial charge in [0.05, 0.1) is 19.3 Å². The molecule has 0 aromatic carbocycles. The fourth-order valence-electron chi connectivity index (χ4n) is 3.38. The van der Waals surface area contributed by atoms with Crippen molar-refractivity contribution >= 4 is 11.3 Å². The second kappa shape index (κ2) is 6.35. The van der Waals surface area contributed by atoms with Crippen molar-refractivity contribution < 1.29 is 9.47 Å². The molecule has 0 spiro atoms. The lowest BCUT2D eigenvalue weighted by Crippen LogP contribution is -2.50. The van der Waals surface area contributed by atoms with Gasteiger partial charge in [-0.05, 0) is 31.2 Å². The molecule has 106 valence electrons. The Labute approximate surface area is 119 Å². The molecule has 1 saturated carbocycles. The first-order valence-corrected chi connectivity index (χ1v) is 8.22. The maximum absolute atomic E-state index is 6.04. The molecule has 1 saturated heterocycles. The second-order valence-electron chi connectivity index (χ2n) is 5.45. The summed E-state index contributed by atoms with van der Waals surface area (Å²) in [5.74, 6) is 0.594. The van der Waals surface area contributed by atoms with Crippen molar-refractivity contribution in [3.05, 3.63) is 22.4 Å². The van der Waals surface area contributed by atoms with Gasteiger partial charge >= 0.3 is 0 Å². The van der Waals surface area contributed by atoms with Gasteiger partial charge in [-0.25, -0.2) is 0 Å². The first-order chi connectivity index (χ1) is 9.38. The standard InChI is InChI=1S/C15H23NO2S/c1-2-17-11-12-5-6-14-15(12)18-8-7-16(14)10-13-4-3-9-19-13/h3-4,9,12,14-15H,2,5-8,10-11H2,1H3/t12-,14-,15+/m0/s1. The molecule has 1 aromatic heterocycles. The van der Waals surface area contributed by atoms with E-state index < -0.39 is 0 Å². The third kappa shape index (κ3) is 3.02. The summed E-state index contributed by atoms with van der Waals surface area (Å²) in [5, 5.41) is 2.17. The summed E-state index contributed by atoms with van der Waals surface area (Å²) in [7, 11) is 0. The lowest BCUT2D eigenvalue weighted by Gasteiger charge is -2.39. The Bertz CT molecular complexity index is 382. The van der Waals surface area contributed by atoms with Crippen LogP contribution in [0.15, 0.2) is 17.5 Å². The number of nitrogens with zero attached hydrogens (tertiary/aromatic N) is 1. The molecule has 3 nitrogen and oxygen atoms in total. The Morgan fingerprint density at radius 1 is 1.47 bits per heavy atom. The molecule has 0 amide bonds. The highest BCUT2D eigenvalue weighted by molar-refractivity contribution is 7.09. The summed E-state index contributed by atoms with van der Waals surface area (Å²) in [6.07, 6.45) is 2.89. The third-order valence-electron chi connectivity index (χ3n) is 4.31. The van der Waals surface area contributed by atoms with Crippen molar-refractivity contribution in [2.24, 2.45) is 5.92 Å². The lowest BCUT2D eigenvalue weighted by molar-refractivity contribution is -0.0872. The summed E-state index contributed by atoms with van der Waals surface area (Å²) < 4.78 is 11.7. The highest BCUT2D eigenvalue weighted by atomic mass is 32.1. The van der Waals surface area contributed by atoms with Crippen LogP contribution < -0.4 is 0 Å². The monoisotopic (exact) mass is 281 g/mol. The average molecular weight is 281 g/mol. The number of morpholine rings is 1. The SMILES string of the molecule is CCOC[C@@H]1CC[C@H]2[C@@H]1OCCN2Cc1cccs1. The maximum Gasteiger partial charge on any atom is 0.0781 e. The molecule has 2 heterocycles. The Morgan fingerprint density at radius 2 is 2.42 bits per heavy atom. The number of rotatable bonds is 5. The number of hydrogen-bond acceptors (Lipinski definition) is 4. The van der Waals surface area contributed by atoms with Gasteiger partial charge in [0.2, 0.25) is 0 Å². The van der Waals surface area contributed by atoms with E-state index in [1.807, 2.05) is 11.3 Å².